The van der Waals surface area contributed by atoms with Gasteiger partial charge in [0.05, 0.1) is 12.8 Å². The van der Waals surface area contributed by atoms with Gasteiger partial charge in [-0.3, -0.25) is 4.79 Å². The number of rotatable bonds is 5. The van der Waals surface area contributed by atoms with E-state index in [1.54, 1.807) is 6.07 Å². The highest BCUT2D eigenvalue weighted by Gasteiger charge is 2.15. The van der Waals surface area contributed by atoms with Crippen LogP contribution in [0.2, 0.25) is 0 Å². The van der Waals surface area contributed by atoms with E-state index >= 15 is 0 Å². The summed E-state index contributed by atoms with van der Waals surface area (Å²) in [6.45, 7) is 4.00. The summed E-state index contributed by atoms with van der Waals surface area (Å²) in [5, 5.41) is 12.0. The lowest BCUT2D eigenvalue weighted by molar-refractivity contribution is -0.123. The zero-order valence-corrected chi connectivity index (χ0v) is 10.9. The zero-order valence-electron chi connectivity index (χ0n) is 10.9. The molecule has 1 unspecified atom stereocenters. The van der Waals surface area contributed by atoms with E-state index in [0.717, 1.165) is 5.56 Å². The van der Waals surface area contributed by atoms with Crippen LogP contribution in [0.5, 0.6) is 5.75 Å². The maximum atomic E-state index is 11.6. The average molecular weight is 252 g/mol. The van der Waals surface area contributed by atoms with Crippen molar-refractivity contribution in [3.63, 3.8) is 0 Å². The fourth-order valence-corrected chi connectivity index (χ4v) is 1.51. The maximum Gasteiger partial charge on any atom is 0.254 e. The predicted molar refractivity (Wildman–Crippen MR) is 70.8 cm³/mol. The molecule has 0 bridgehead atoms. The van der Waals surface area contributed by atoms with Gasteiger partial charge < -0.3 is 20.9 Å². The molecule has 0 radical (unpaired) electrons. The first kappa shape index (κ1) is 14.5. The van der Waals surface area contributed by atoms with Crippen LogP contribution >= 0.6 is 0 Å². The molecule has 5 nitrogen and oxygen atoms in total. The minimum absolute atomic E-state index is 0.113. The standard InChI is InChI=1S/C13H20N2O3/c1-8(2)9-4-5-12(18-3)10(6-9)15-13(17)11(16)7-14/h4-6,8,11,16H,7,14H2,1-3H3,(H,15,17). The first-order chi connectivity index (χ1) is 8.49. The van der Waals surface area contributed by atoms with Crippen molar-refractivity contribution in [2.45, 2.75) is 25.9 Å². The number of methoxy groups -OCH3 is 1. The van der Waals surface area contributed by atoms with Gasteiger partial charge >= 0.3 is 0 Å². The molecule has 1 aromatic rings. The number of nitrogens with two attached hydrogens (primary N) is 1. The van der Waals surface area contributed by atoms with E-state index in [1.165, 1.54) is 7.11 Å². The lowest BCUT2D eigenvalue weighted by Crippen LogP contribution is -2.34. The van der Waals surface area contributed by atoms with Crippen LogP contribution in [0.3, 0.4) is 0 Å². The number of carbonyl (C=O) groups excluding carboxylic acids is 1. The molecular weight excluding hydrogens is 232 g/mol. The number of hydrogen-bond acceptors (Lipinski definition) is 4. The summed E-state index contributed by atoms with van der Waals surface area (Å²) in [5.41, 5.74) is 6.85. The van der Waals surface area contributed by atoms with Gasteiger partial charge in [0.2, 0.25) is 0 Å². The van der Waals surface area contributed by atoms with Crippen molar-refractivity contribution in [1.29, 1.82) is 0 Å². The topological polar surface area (TPSA) is 84.6 Å². The summed E-state index contributed by atoms with van der Waals surface area (Å²) in [6.07, 6.45) is -1.21. The van der Waals surface area contributed by atoms with Gasteiger partial charge in [0.15, 0.2) is 0 Å². The Morgan fingerprint density at radius 2 is 2.17 bits per heavy atom. The number of hydrogen-bond donors (Lipinski definition) is 3. The summed E-state index contributed by atoms with van der Waals surface area (Å²) in [6, 6.07) is 5.57. The molecule has 1 aromatic carbocycles. The molecule has 1 atom stereocenters. The van der Waals surface area contributed by atoms with E-state index in [1.807, 2.05) is 12.1 Å². The van der Waals surface area contributed by atoms with Gasteiger partial charge in [-0.15, -0.1) is 0 Å². The highest BCUT2D eigenvalue weighted by atomic mass is 16.5. The van der Waals surface area contributed by atoms with Crippen molar-refractivity contribution in [3.8, 4) is 5.75 Å². The molecule has 4 N–H and O–H groups in total. The predicted octanol–water partition coefficient (Wildman–Crippen LogP) is 1.08. The summed E-state index contributed by atoms with van der Waals surface area (Å²) in [4.78, 5) is 11.6. The molecule has 0 fully saturated rings. The van der Waals surface area contributed by atoms with Crippen LogP contribution in [-0.2, 0) is 4.79 Å². The smallest absolute Gasteiger partial charge is 0.254 e. The third-order valence-electron chi connectivity index (χ3n) is 2.67. The number of aliphatic hydroxyl groups is 1. The Balaban J connectivity index is 2.98. The average Bonchev–Trinajstić information content (AvgIpc) is 2.37. The molecular formula is C13H20N2O3. The fourth-order valence-electron chi connectivity index (χ4n) is 1.51. The summed E-state index contributed by atoms with van der Waals surface area (Å²) >= 11 is 0. The summed E-state index contributed by atoms with van der Waals surface area (Å²) in [7, 11) is 1.53. The lowest BCUT2D eigenvalue weighted by atomic mass is 10.0. The Bertz CT molecular complexity index is 419. The molecule has 0 aromatic heterocycles. The third kappa shape index (κ3) is 3.45. The van der Waals surface area contributed by atoms with Crippen molar-refractivity contribution in [3.05, 3.63) is 23.8 Å². The molecule has 0 saturated heterocycles. The highest BCUT2D eigenvalue weighted by Crippen LogP contribution is 2.28. The maximum absolute atomic E-state index is 11.6. The van der Waals surface area contributed by atoms with Crippen LogP contribution in [0.4, 0.5) is 5.69 Å². The van der Waals surface area contributed by atoms with Gasteiger partial charge in [-0.2, -0.15) is 0 Å². The summed E-state index contributed by atoms with van der Waals surface area (Å²) < 4.78 is 5.17. The Hall–Kier alpha value is -1.59. The fraction of sp³-hybridized carbons (Fsp3) is 0.462. The first-order valence-corrected chi connectivity index (χ1v) is 5.86. The quantitative estimate of drug-likeness (QED) is 0.732. The second-order valence-electron chi connectivity index (χ2n) is 4.36. The molecule has 0 aliphatic rings. The van der Waals surface area contributed by atoms with E-state index in [2.05, 4.69) is 19.2 Å². The highest BCUT2D eigenvalue weighted by molar-refractivity contribution is 5.95. The minimum Gasteiger partial charge on any atom is -0.495 e. The van der Waals surface area contributed by atoms with Crippen LogP contribution in [0.1, 0.15) is 25.3 Å². The number of carbonyl (C=O) groups is 1. The van der Waals surface area contributed by atoms with Crippen LogP contribution in [0, 0.1) is 0 Å². The van der Waals surface area contributed by atoms with Crippen LogP contribution < -0.4 is 15.8 Å². The SMILES string of the molecule is COc1ccc(C(C)C)cc1NC(=O)C(O)CN. The lowest BCUT2D eigenvalue weighted by Gasteiger charge is -2.15. The van der Waals surface area contributed by atoms with Crippen molar-refractivity contribution >= 4 is 11.6 Å². The second-order valence-corrected chi connectivity index (χ2v) is 4.36. The summed E-state index contributed by atoms with van der Waals surface area (Å²) in [5.74, 6) is 0.361. The van der Waals surface area contributed by atoms with E-state index < -0.39 is 12.0 Å². The van der Waals surface area contributed by atoms with Gasteiger partial charge in [0, 0.05) is 6.54 Å². The Morgan fingerprint density at radius 1 is 1.50 bits per heavy atom. The number of anilines is 1. The number of benzene rings is 1. The molecule has 1 amide bonds. The van der Waals surface area contributed by atoms with Crippen molar-refractivity contribution in [2.24, 2.45) is 5.73 Å². The van der Waals surface area contributed by atoms with Gasteiger partial charge in [-0.05, 0) is 23.6 Å². The van der Waals surface area contributed by atoms with Gasteiger partial charge in [-0.1, -0.05) is 19.9 Å². The molecule has 100 valence electrons. The van der Waals surface area contributed by atoms with Crippen LogP contribution in [-0.4, -0.2) is 30.8 Å². The van der Waals surface area contributed by atoms with E-state index in [-0.39, 0.29) is 6.54 Å². The molecule has 0 saturated carbocycles. The van der Waals surface area contributed by atoms with Crippen molar-refractivity contribution < 1.29 is 14.6 Å². The van der Waals surface area contributed by atoms with E-state index in [4.69, 9.17) is 10.5 Å². The molecule has 0 aliphatic carbocycles. The van der Waals surface area contributed by atoms with Crippen LogP contribution in [0.15, 0.2) is 18.2 Å². The minimum atomic E-state index is -1.21. The number of aliphatic hydroxyl groups excluding tert-OH is 1. The monoisotopic (exact) mass is 252 g/mol. The molecule has 0 aliphatic heterocycles. The Morgan fingerprint density at radius 3 is 2.67 bits per heavy atom. The molecule has 18 heavy (non-hydrogen) atoms. The molecule has 5 heteroatoms. The van der Waals surface area contributed by atoms with E-state index in [9.17, 15) is 9.90 Å². The number of ether oxygens (including phenoxy) is 1. The van der Waals surface area contributed by atoms with Crippen molar-refractivity contribution in [1.82, 2.24) is 0 Å². The van der Waals surface area contributed by atoms with Gasteiger partial charge in [-0.25, -0.2) is 0 Å². The van der Waals surface area contributed by atoms with Crippen molar-refractivity contribution in [2.75, 3.05) is 19.0 Å². The Labute approximate surface area is 107 Å². The Kier molecular flexibility index (Phi) is 5.12. The van der Waals surface area contributed by atoms with Gasteiger partial charge in [0.25, 0.3) is 5.91 Å². The zero-order chi connectivity index (χ0) is 13.7. The number of nitrogens with one attached hydrogen (secondary N) is 1. The largest absolute Gasteiger partial charge is 0.495 e. The molecule has 0 heterocycles. The van der Waals surface area contributed by atoms with Gasteiger partial charge in [0.1, 0.15) is 11.9 Å². The molecule has 1 rings (SSSR count). The third-order valence-corrected chi connectivity index (χ3v) is 2.67. The van der Waals surface area contributed by atoms with Crippen LogP contribution in [0.25, 0.3) is 0 Å². The second kappa shape index (κ2) is 6.37. The van der Waals surface area contributed by atoms with E-state index in [0.29, 0.717) is 17.4 Å². The number of amides is 1. The first-order valence-electron chi connectivity index (χ1n) is 5.86. The molecule has 0 spiro atoms. The normalized spacial score (nSPS) is 12.3.